The first-order valence-corrected chi connectivity index (χ1v) is 8.84. The Bertz CT molecular complexity index is 933. The lowest BCUT2D eigenvalue weighted by molar-refractivity contribution is 0.0952. The second-order valence-electron chi connectivity index (χ2n) is 5.91. The number of aryl methyl sites for hydroxylation is 1. The molecule has 0 spiro atoms. The van der Waals surface area contributed by atoms with Gasteiger partial charge in [-0.2, -0.15) is 0 Å². The molecule has 8 heteroatoms. The minimum absolute atomic E-state index is 0.185. The molecule has 1 amide bonds. The number of amides is 1. The molecule has 0 radical (unpaired) electrons. The lowest BCUT2D eigenvalue weighted by Crippen LogP contribution is -2.29. The molecule has 2 aromatic heterocycles. The quantitative estimate of drug-likeness (QED) is 0.518. The van der Waals surface area contributed by atoms with Crippen LogP contribution in [-0.4, -0.2) is 41.1 Å². The largest absolute Gasteiger partial charge is 0.496 e. The number of benzene rings is 1. The van der Waals surface area contributed by atoms with Crippen LogP contribution in [0, 0.1) is 6.92 Å². The number of para-hydroxylation sites is 1. The number of methoxy groups -OCH3 is 1. The third-order valence-electron chi connectivity index (χ3n) is 3.83. The van der Waals surface area contributed by atoms with E-state index in [2.05, 4.69) is 30.9 Å². The van der Waals surface area contributed by atoms with Crippen LogP contribution in [-0.2, 0) is 0 Å². The van der Waals surface area contributed by atoms with E-state index in [-0.39, 0.29) is 5.91 Å². The third-order valence-corrected chi connectivity index (χ3v) is 3.83. The van der Waals surface area contributed by atoms with Crippen LogP contribution in [0.5, 0.6) is 5.75 Å². The standard InChI is InChI=1S/C20H22N6O2/c1-14-24-18(13-19(25-14)26-17-9-5-6-10-21-17)22-11-12-23-20(27)15-7-3-4-8-16(15)28-2/h3-10,13H,11-12H2,1-2H3,(H,23,27)(H2,21,22,24,25,26). The Morgan fingerprint density at radius 2 is 1.79 bits per heavy atom. The van der Waals surface area contributed by atoms with Crippen molar-refractivity contribution in [1.29, 1.82) is 0 Å². The van der Waals surface area contributed by atoms with Crippen LogP contribution >= 0.6 is 0 Å². The van der Waals surface area contributed by atoms with Crippen LogP contribution in [0.3, 0.4) is 0 Å². The summed E-state index contributed by atoms with van der Waals surface area (Å²) >= 11 is 0. The zero-order valence-electron chi connectivity index (χ0n) is 15.8. The van der Waals surface area contributed by atoms with Gasteiger partial charge < -0.3 is 20.7 Å². The van der Waals surface area contributed by atoms with Gasteiger partial charge in [-0.25, -0.2) is 15.0 Å². The van der Waals surface area contributed by atoms with E-state index >= 15 is 0 Å². The number of hydrogen-bond donors (Lipinski definition) is 3. The van der Waals surface area contributed by atoms with Gasteiger partial charge in [0.1, 0.15) is 29.0 Å². The molecular weight excluding hydrogens is 356 g/mol. The van der Waals surface area contributed by atoms with Gasteiger partial charge in [0.15, 0.2) is 0 Å². The van der Waals surface area contributed by atoms with Crippen LogP contribution in [0.4, 0.5) is 17.5 Å². The summed E-state index contributed by atoms with van der Waals surface area (Å²) in [5.41, 5.74) is 0.504. The molecule has 0 saturated heterocycles. The van der Waals surface area contributed by atoms with E-state index in [9.17, 15) is 4.79 Å². The molecule has 0 aliphatic rings. The maximum atomic E-state index is 12.3. The van der Waals surface area contributed by atoms with Crippen molar-refractivity contribution in [3.05, 3.63) is 66.1 Å². The van der Waals surface area contributed by atoms with Crippen molar-refractivity contribution in [2.24, 2.45) is 0 Å². The summed E-state index contributed by atoms with van der Waals surface area (Å²) in [5, 5.41) is 9.19. The smallest absolute Gasteiger partial charge is 0.255 e. The molecule has 3 aromatic rings. The summed E-state index contributed by atoms with van der Waals surface area (Å²) in [5.74, 6) is 3.00. The van der Waals surface area contributed by atoms with E-state index in [1.165, 1.54) is 0 Å². The van der Waals surface area contributed by atoms with Crippen molar-refractivity contribution in [3.8, 4) is 5.75 Å². The molecule has 2 heterocycles. The van der Waals surface area contributed by atoms with Gasteiger partial charge in [0.25, 0.3) is 5.91 Å². The van der Waals surface area contributed by atoms with Gasteiger partial charge in [-0.3, -0.25) is 4.79 Å². The molecule has 3 N–H and O–H groups in total. The minimum atomic E-state index is -0.185. The molecular formula is C20H22N6O2. The van der Waals surface area contributed by atoms with Crippen LogP contribution < -0.4 is 20.7 Å². The van der Waals surface area contributed by atoms with Crippen molar-refractivity contribution in [1.82, 2.24) is 20.3 Å². The maximum absolute atomic E-state index is 12.3. The Morgan fingerprint density at radius 1 is 1.00 bits per heavy atom. The fraction of sp³-hybridized carbons (Fsp3) is 0.200. The van der Waals surface area contributed by atoms with E-state index in [0.717, 1.165) is 0 Å². The second-order valence-corrected chi connectivity index (χ2v) is 5.91. The number of ether oxygens (including phenoxy) is 1. The summed E-state index contributed by atoms with van der Waals surface area (Å²) in [7, 11) is 1.54. The molecule has 0 fully saturated rings. The van der Waals surface area contributed by atoms with Crippen molar-refractivity contribution in [2.45, 2.75) is 6.92 Å². The van der Waals surface area contributed by atoms with E-state index in [4.69, 9.17) is 4.74 Å². The number of hydrogen-bond acceptors (Lipinski definition) is 7. The van der Waals surface area contributed by atoms with Crippen LogP contribution in [0.15, 0.2) is 54.7 Å². The fourth-order valence-corrected chi connectivity index (χ4v) is 2.58. The van der Waals surface area contributed by atoms with Crippen LogP contribution in [0.1, 0.15) is 16.2 Å². The van der Waals surface area contributed by atoms with Crippen molar-refractivity contribution in [2.75, 3.05) is 30.8 Å². The highest BCUT2D eigenvalue weighted by molar-refractivity contribution is 5.96. The highest BCUT2D eigenvalue weighted by Crippen LogP contribution is 2.17. The van der Waals surface area contributed by atoms with E-state index in [1.54, 1.807) is 37.6 Å². The van der Waals surface area contributed by atoms with Crippen molar-refractivity contribution < 1.29 is 9.53 Å². The van der Waals surface area contributed by atoms with Crippen molar-refractivity contribution in [3.63, 3.8) is 0 Å². The first-order chi connectivity index (χ1) is 13.7. The number of nitrogens with one attached hydrogen (secondary N) is 3. The average molecular weight is 378 g/mol. The fourth-order valence-electron chi connectivity index (χ4n) is 2.58. The number of carbonyl (C=O) groups excluding carboxylic acids is 1. The molecule has 8 nitrogen and oxygen atoms in total. The zero-order chi connectivity index (χ0) is 19.8. The molecule has 0 aliphatic carbocycles. The Hall–Kier alpha value is -3.68. The number of carbonyl (C=O) groups is 1. The number of nitrogens with zero attached hydrogens (tertiary/aromatic N) is 3. The monoisotopic (exact) mass is 378 g/mol. The molecule has 0 aliphatic heterocycles. The molecule has 0 atom stereocenters. The normalized spacial score (nSPS) is 10.2. The predicted octanol–water partition coefficient (Wildman–Crippen LogP) is 2.77. The predicted molar refractivity (Wildman–Crippen MR) is 108 cm³/mol. The first-order valence-electron chi connectivity index (χ1n) is 8.84. The first kappa shape index (κ1) is 19.1. The van der Waals surface area contributed by atoms with Crippen molar-refractivity contribution >= 4 is 23.4 Å². The second kappa shape index (κ2) is 9.31. The SMILES string of the molecule is COc1ccccc1C(=O)NCCNc1cc(Nc2ccccn2)nc(C)n1. The highest BCUT2D eigenvalue weighted by atomic mass is 16.5. The lowest BCUT2D eigenvalue weighted by Gasteiger charge is -2.11. The van der Waals surface area contributed by atoms with Gasteiger partial charge in [-0.15, -0.1) is 0 Å². The summed E-state index contributed by atoms with van der Waals surface area (Å²) in [6.45, 7) is 2.77. The lowest BCUT2D eigenvalue weighted by atomic mass is 10.2. The van der Waals surface area contributed by atoms with Crippen LogP contribution in [0.2, 0.25) is 0 Å². The topological polar surface area (TPSA) is 101 Å². The Kier molecular flexibility index (Phi) is 6.35. The molecule has 0 saturated carbocycles. The molecule has 3 rings (SSSR count). The van der Waals surface area contributed by atoms with Gasteiger partial charge in [0, 0.05) is 25.4 Å². The number of pyridine rings is 1. The zero-order valence-corrected chi connectivity index (χ0v) is 15.8. The third kappa shape index (κ3) is 5.16. The van der Waals surface area contributed by atoms with Gasteiger partial charge in [-0.1, -0.05) is 18.2 Å². The van der Waals surface area contributed by atoms with Crippen LogP contribution in [0.25, 0.3) is 0 Å². The van der Waals surface area contributed by atoms with Gasteiger partial charge in [-0.05, 0) is 31.2 Å². The Morgan fingerprint density at radius 3 is 2.57 bits per heavy atom. The Labute approximate surface area is 163 Å². The minimum Gasteiger partial charge on any atom is -0.496 e. The maximum Gasteiger partial charge on any atom is 0.255 e. The summed E-state index contributed by atoms with van der Waals surface area (Å²) in [6, 6.07) is 14.5. The highest BCUT2D eigenvalue weighted by Gasteiger charge is 2.10. The van der Waals surface area contributed by atoms with Gasteiger partial charge in [0.2, 0.25) is 0 Å². The molecule has 1 aromatic carbocycles. The Balaban J connectivity index is 1.54. The van der Waals surface area contributed by atoms with E-state index < -0.39 is 0 Å². The number of anilines is 3. The summed E-state index contributed by atoms with van der Waals surface area (Å²) in [6.07, 6.45) is 1.71. The van der Waals surface area contributed by atoms with E-state index in [0.29, 0.717) is 47.7 Å². The summed E-state index contributed by atoms with van der Waals surface area (Å²) < 4.78 is 5.21. The number of aromatic nitrogens is 3. The average Bonchev–Trinajstić information content (AvgIpc) is 2.71. The molecule has 28 heavy (non-hydrogen) atoms. The van der Waals surface area contributed by atoms with Gasteiger partial charge >= 0.3 is 0 Å². The van der Waals surface area contributed by atoms with Gasteiger partial charge in [0.05, 0.1) is 12.7 Å². The molecule has 0 bridgehead atoms. The molecule has 144 valence electrons. The van der Waals surface area contributed by atoms with E-state index in [1.807, 2.05) is 31.2 Å². The summed E-state index contributed by atoms with van der Waals surface area (Å²) in [4.78, 5) is 25.2. The molecule has 0 unspecified atom stereocenters. The number of rotatable bonds is 8.